The third-order valence-corrected chi connectivity index (χ3v) is 4.04. The summed E-state index contributed by atoms with van der Waals surface area (Å²) in [7, 11) is 0. The van der Waals surface area contributed by atoms with Crippen molar-refractivity contribution in [1.29, 1.82) is 0 Å². The molecule has 0 fully saturated rings. The maximum atomic E-state index is 12.7. The normalized spacial score (nSPS) is 10.4. The van der Waals surface area contributed by atoms with E-state index in [1.165, 1.54) is 18.2 Å². The molecule has 0 bridgehead atoms. The first-order valence-corrected chi connectivity index (χ1v) is 8.19. The first-order valence-electron chi connectivity index (χ1n) is 8.19. The van der Waals surface area contributed by atoms with E-state index in [0.29, 0.717) is 0 Å². The van der Waals surface area contributed by atoms with Crippen molar-refractivity contribution in [3.05, 3.63) is 70.3 Å². The number of ketones is 1. The zero-order valence-corrected chi connectivity index (χ0v) is 14.0. The van der Waals surface area contributed by atoms with Gasteiger partial charge in [0.25, 0.3) is 0 Å². The molecule has 2 aromatic carbocycles. The minimum Gasteiger partial charge on any atom is -0.478 e. The molecule has 5 heteroatoms. The van der Waals surface area contributed by atoms with Crippen molar-refractivity contribution >= 4 is 17.7 Å². The van der Waals surface area contributed by atoms with Crippen molar-refractivity contribution in [3.8, 4) is 0 Å². The number of hydrogen-bond acceptors (Lipinski definition) is 3. The van der Waals surface area contributed by atoms with E-state index < -0.39 is 17.7 Å². The molecule has 0 saturated carbocycles. The van der Waals surface area contributed by atoms with Crippen LogP contribution in [0.2, 0.25) is 0 Å². The minimum absolute atomic E-state index is 0.274. The van der Waals surface area contributed by atoms with Crippen LogP contribution in [-0.2, 0) is 6.42 Å². The Kier molecular flexibility index (Phi) is 6.06. The van der Waals surface area contributed by atoms with E-state index in [9.17, 15) is 24.6 Å². The quantitative estimate of drug-likeness (QED) is 0.559. The fourth-order valence-corrected chi connectivity index (χ4v) is 2.70. The second-order valence-corrected chi connectivity index (χ2v) is 5.82. The monoisotopic (exact) mass is 340 g/mol. The lowest BCUT2D eigenvalue weighted by Crippen LogP contribution is -2.15. The number of hydrogen-bond donors (Lipinski definition) is 2. The van der Waals surface area contributed by atoms with Crippen molar-refractivity contribution < 1.29 is 24.6 Å². The molecule has 2 rings (SSSR count). The highest BCUT2D eigenvalue weighted by atomic mass is 16.4. The minimum atomic E-state index is -1.33. The molecule has 0 spiro atoms. The molecule has 0 unspecified atom stereocenters. The molecule has 0 aliphatic heterocycles. The molecule has 0 amide bonds. The van der Waals surface area contributed by atoms with Crippen LogP contribution in [0.4, 0.5) is 0 Å². The van der Waals surface area contributed by atoms with Gasteiger partial charge in [0.05, 0.1) is 16.7 Å². The zero-order chi connectivity index (χ0) is 18.4. The number of carbonyl (C=O) groups is 3. The number of carboxylic acids is 2. The maximum absolute atomic E-state index is 12.7. The summed E-state index contributed by atoms with van der Waals surface area (Å²) in [5, 5.41) is 18.6. The van der Waals surface area contributed by atoms with Crippen molar-refractivity contribution in [2.24, 2.45) is 0 Å². The van der Waals surface area contributed by atoms with Gasteiger partial charge in [-0.25, -0.2) is 9.59 Å². The predicted molar refractivity (Wildman–Crippen MR) is 93.5 cm³/mol. The van der Waals surface area contributed by atoms with Crippen LogP contribution in [0, 0.1) is 0 Å². The standard InChI is InChI=1S/C20H20O5/c1-2-3-4-6-13-9-11-14(12-10-13)18(21)17-15(19(22)23)7-5-8-16(17)20(24)25/h5,7-12H,2-4,6H2,1H3,(H,22,23)(H,24,25). The Bertz CT molecular complexity index is 758. The van der Waals surface area contributed by atoms with Crippen molar-refractivity contribution in [1.82, 2.24) is 0 Å². The summed E-state index contributed by atoms with van der Waals surface area (Å²) in [4.78, 5) is 35.5. The summed E-state index contributed by atoms with van der Waals surface area (Å²) in [6.45, 7) is 2.13. The van der Waals surface area contributed by atoms with Crippen LogP contribution in [0.25, 0.3) is 0 Å². The molecule has 0 aromatic heterocycles. The van der Waals surface area contributed by atoms with Gasteiger partial charge in [-0.2, -0.15) is 0 Å². The van der Waals surface area contributed by atoms with E-state index in [0.717, 1.165) is 31.2 Å². The van der Waals surface area contributed by atoms with Crippen LogP contribution in [0.3, 0.4) is 0 Å². The lowest BCUT2D eigenvalue weighted by Gasteiger charge is -2.10. The number of carboxylic acid groups (broad SMARTS) is 2. The van der Waals surface area contributed by atoms with Crippen LogP contribution >= 0.6 is 0 Å². The van der Waals surface area contributed by atoms with Crippen LogP contribution in [-0.4, -0.2) is 27.9 Å². The first kappa shape index (κ1) is 18.4. The largest absolute Gasteiger partial charge is 0.478 e. The maximum Gasteiger partial charge on any atom is 0.336 e. The summed E-state index contributed by atoms with van der Waals surface area (Å²) in [5.74, 6) is -3.26. The van der Waals surface area contributed by atoms with Gasteiger partial charge in [-0.1, -0.05) is 50.1 Å². The third-order valence-electron chi connectivity index (χ3n) is 4.04. The van der Waals surface area contributed by atoms with Gasteiger partial charge in [-0.3, -0.25) is 4.79 Å². The van der Waals surface area contributed by atoms with Gasteiger partial charge >= 0.3 is 11.9 Å². The summed E-state index contributed by atoms with van der Waals surface area (Å²) in [5.41, 5.74) is 0.459. The molecule has 0 heterocycles. The molecule has 0 aliphatic rings. The van der Waals surface area contributed by atoms with Crippen LogP contribution in [0.1, 0.15) is 68.4 Å². The Morgan fingerprint density at radius 1 is 0.840 bits per heavy atom. The Hall–Kier alpha value is -2.95. The Balaban J connectivity index is 2.37. The molecule has 5 nitrogen and oxygen atoms in total. The fraction of sp³-hybridized carbons (Fsp3) is 0.250. The van der Waals surface area contributed by atoms with Gasteiger partial charge in [0, 0.05) is 5.56 Å². The van der Waals surface area contributed by atoms with Gasteiger partial charge in [0.2, 0.25) is 0 Å². The van der Waals surface area contributed by atoms with E-state index in [4.69, 9.17) is 0 Å². The van der Waals surface area contributed by atoms with Crippen molar-refractivity contribution in [2.45, 2.75) is 32.6 Å². The molecule has 130 valence electrons. The molecule has 0 saturated heterocycles. The fourth-order valence-electron chi connectivity index (χ4n) is 2.70. The number of carbonyl (C=O) groups excluding carboxylic acids is 1. The average molecular weight is 340 g/mol. The van der Waals surface area contributed by atoms with E-state index in [2.05, 4.69) is 6.92 Å². The van der Waals surface area contributed by atoms with Crippen molar-refractivity contribution in [2.75, 3.05) is 0 Å². The molecule has 2 N–H and O–H groups in total. The zero-order valence-electron chi connectivity index (χ0n) is 14.0. The summed E-state index contributed by atoms with van der Waals surface area (Å²) >= 11 is 0. The predicted octanol–water partition coefficient (Wildman–Crippen LogP) is 4.05. The molecule has 0 aliphatic carbocycles. The average Bonchev–Trinajstić information content (AvgIpc) is 2.61. The molecular formula is C20H20O5. The van der Waals surface area contributed by atoms with Crippen LogP contribution in [0.5, 0.6) is 0 Å². The molecular weight excluding hydrogens is 320 g/mol. The summed E-state index contributed by atoms with van der Waals surface area (Å²) in [6, 6.07) is 10.7. The van der Waals surface area contributed by atoms with Crippen LogP contribution in [0.15, 0.2) is 42.5 Å². The number of unbranched alkanes of at least 4 members (excludes halogenated alkanes) is 2. The van der Waals surface area contributed by atoms with Gasteiger partial charge in [0.1, 0.15) is 0 Å². The van der Waals surface area contributed by atoms with E-state index in [1.54, 1.807) is 12.1 Å². The highest BCUT2D eigenvalue weighted by Crippen LogP contribution is 2.21. The lowest BCUT2D eigenvalue weighted by molar-refractivity contribution is 0.0689. The number of aromatic carboxylic acids is 2. The van der Waals surface area contributed by atoms with E-state index in [1.807, 2.05) is 12.1 Å². The number of benzene rings is 2. The van der Waals surface area contributed by atoms with Crippen LogP contribution < -0.4 is 0 Å². The Morgan fingerprint density at radius 2 is 1.40 bits per heavy atom. The first-order chi connectivity index (χ1) is 12.0. The van der Waals surface area contributed by atoms with Gasteiger partial charge in [-0.15, -0.1) is 0 Å². The topological polar surface area (TPSA) is 91.7 Å². The molecule has 25 heavy (non-hydrogen) atoms. The highest BCUT2D eigenvalue weighted by Gasteiger charge is 2.24. The van der Waals surface area contributed by atoms with Gasteiger partial charge in [0.15, 0.2) is 5.78 Å². The Morgan fingerprint density at radius 3 is 1.88 bits per heavy atom. The number of rotatable bonds is 8. The van der Waals surface area contributed by atoms with E-state index in [-0.39, 0.29) is 22.3 Å². The molecule has 2 aromatic rings. The summed E-state index contributed by atoms with van der Waals surface area (Å²) in [6.07, 6.45) is 4.23. The summed E-state index contributed by atoms with van der Waals surface area (Å²) < 4.78 is 0. The number of aryl methyl sites for hydroxylation is 1. The smallest absolute Gasteiger partial charge is 0.336 e. The van der Waals surface area contributed by atoms with Gasteiger partial charge < -0.3 is 10.2 Å². The molecule has 0 atom stereocenters. The highest BCUT2D eigenvalue weighted by molar-refractivity contribution is 6.18. The second kappa shape index (κ2) is 8.24. The SMILES string of the molecule is CCCCCc1ccc(C(=O)c2c(C(=O)O)cccc2C(=O)O)cc1. The third kappa shape index (κ3) is 4.32. The molecule has 0 radical (unpaired) electrons. The van der Waals surface area contributed by atoms with E-state index >= 15 is 0 Å². The van der Waals surface area contributed by atoms with Gasteiger partial charge in [-0.05, 0) is 30.5 Å². The lowest BCUT2D eigenvalue weighted by atomic mass is 9.92. The Labute approximate surface area is 145 Å². The van der Waals surface area contributed by atoms with Crippen molar-refractivity contribution in [3.63, 3.8) is 0 Å². The second-order valence-electron chi connectivity index (χ2n) is 5.82.